The van der Waals surface area contributed by atoms with Gasteiger partial charge in [-0.1, -0.05) is 6.07 Å². The maximum atomic E-state index is 12.3. The molecule has 1 saturated heterocycles. The number of carbonyl (C=O) groups is 1. The zero-order valence-corrected chi connectivity index (χ0v) is 15.3. The number of rotatable bonds is 2. The highest BCUT2D eigenvalue weighted by molar-refractivity contribution is 5.95. The highest BCUT2D eigenvalue weighted by Crippen LogP contribution is 2.21. The van der Waals surface area contributed by atoms with Crippen molar-refractivity contribution < 1.29 is 14.3 Å². The van der Waals surface area contributed by atoms with Crippen LogP contribution in [-0.2, 0) is 9.47 Å². The van der Waals surface area contributed by atoms with E-state index in [-0.39, 0.29) is 6.09 Å². The summed E-state index contributed by atoms with van der Waals surface area (Å²) in [7, 11) is 0. The number of hydrogen-bond acceptors (Lipinski definition) is 5. The van der Waals surface area contributed by atoms with Gasteiger partial charge in [0, 0.05) is 37.4 Å². The van der Waals surface area contributed by atoms with Crippen molar-refractivity contribution >= 4 is 17.7 Å². The molecular formula is C19H27N3O3. The third-order valence-corrected chi connectivity index (χ3v) is 4.19. The summed E-state index contributed by atoms with van der Waals surface area (Å²) in [5.74, 6) is 0.729. The largest absolute Gasteiger partial charge is 0.476 e. The number of hydrogen-bond donors (Lipinski definition) is 0. The highest BCUT2D eigenvalue weighted by Gasteiger charge is 2.24. The summed E-state index contributed by atoms with van der Waals surface area (Å²) in [6.45, 7) is 10.2. The molecule has 0 saturated carbocycles. The fourth-order valence-corrected chi connectivity index (χ4v) is 3.03. The third-order valence-electron chi connectivity index (χ3n) is 4.19. The van der Waals surface area contributed by atoms with Gasteiger partial charge in [0.15, 0.2) is 0 Å². The molecule has 1 aromatic carbocycles. The Balaban J connectivity index is 1.65. The van der Waals surface area contributed by atoms with E-state index in [1.807, 2.05) is 32.9 Å². The molecule has 0 unspecified atom stereocenters. The lowest BCUT2D eigenvalue weighted by Crippen LogP contribution is -2.39. The van der Waals surface area contributed by atoms with Crippen molar-refractivity contribution in [2.45, 2.75) is 32.8 Å². The van der Waals surface area contributed by atoms with Crippen molar-refractivity contribution in [2.24, 2.45) is 4.99 Å². The predicted molar refractivity (Wildman–Crippen MR) is 98.4 cm³/mol. The molecule has 136 valence electrons. The Morgan fingerprint density at radius 1 is 1.20 bits per heavy atom. The van der Waals surface area contributed by atoms with Gasteiger partial charge in [-0.15, -0.1) is 0 Å². The van der Waals surface area contributed by atoms with Gasteiger partial charge in [-0.25, -0.2) is 9.79 Å². The SMILES string of the molecule is CC(C)(C)OC(=O)N1CCCN(c2cccc(C3=NCCO3)c2)CC1. The smallest absolute Gasteiger partial charge is 0.410 e. The molecule has 25 heavy (non-hydrogen) atoms. The molecule has 3 rings (SSSR count). The topological polar surface area (TPSA) is 54.4 Å². The van der Waals surface area contributed by atoms with E-state index in [1.54, 1.807) is 4.90 Å². The van der Waals surface area contributed by atoms with E-state index in [9.17, 15) is 4.79 Å². The summed E-state index contributed by atoms with van der Waals surface area (Å²) in [6, 6.07) is 8.28. The fraction of sp³-hybridized carbons (Fsp3) is 0.579. The molecule has 0 aliphatic carbocycles. The highest BCUT2D eigenvalue weighted by atomic mass is 16.6. The van der Waals surface area contributed by atoms with Crippen LogP contribution >= 0.6 is 0 Å². The number of ether oxygens (including phenoxy) is 2. The minimum Gasteiger partial charge on any atom is -0.476 e. The molecule has 6 heteroatoms. The lowest BCUT2D eigenvalue weighted by Gasteiger charge is -2.27. The predicted octanol–water partition coefficient (Wildman–Crippen LogP) is 2.91. The van der Waals surface area contributed by atoms with Gasteiger partial charge in [0.25, 0.3) is 0 Å². The molecule has 2 aliphatic rings. The second kappa shape index (κ2) is 7.33. The number of benzene rings is 1. The molecule has 1 amide bonds. The Morgan fingerprint density at radius 3 is 2.76 bits per heavy atom. The maximum absolute atomic E-state index is 12.3. The summed E-state index contributed by atoms with van der Waals surface area (Å²) in [6.07, 6.45) is 0.692. The van der Waals surface area contributed by atoms with Gasteiger partial charge in [-0.3, -0.25) is 0 Å². The van der Waals surface area contributed by atoms with Crippen LogP contribution in [0, 0.1) is 0 Å². The van der Waals surface area contributed by atoms with Crippen LogP contribution in [0.3, 0.4) is 0 Å². The Bertz CT molecular complexity index is 652. The van der Waals surface area contributed by atoms with Gasteiger partial charge >= 0.3 is 6.09 Å². The van der Waals surface area contributed by atoms with Crippen LogP contribution in [0.25, 0.3) is 0 Å². The van der Waals surface area contributed by atoms with Crippen LogP contribution in [-0.4, -0.2) is 61.8 Å². The zero-order chi connectivity index (χ0) is 17.9. The monoisotopic (exact) mass is 345 g/mol. The molecule has 1 fully saturated rings. The van der Waals surface area contributed by atoms with Crippen molar-refractivity contribution in [2.75, 3.05) is 44.2 Å². The molecule has 0 N–H and O–H groups in total. The van der Waals surface area contributed by atoms with Crippen LogP contribution in [0.15, 0.2) is 29.3 Å². The summed E-state index contributed by atoms with van der Waals surface area (Å²) in [4.78, 5) is 20.8. The lowest BCUT2D eigenvalue weighted by atomic mass is 10.2. The normalized spacial score (nSPS) is 18.4. The number of aliphatic imine (C=N–C) groups is 1. The van der Waals surface area contributed by atoms with E-state index in [0.717, 1.165) is 49.7 Å². The van der Waals surface area contributed by atoms with Crippen LogP contribution in [0.5, 0.6) is 0 Å². The number of carbonyl (C=O) groups excluding carboxylic acids is 1. The first-order chi connectivity index (χ1) is 11.9. The molecular weight excluding hydrogens is 318 g/mol. The number of amides is 1. The molecule has 0 aromatic heterocycles. The lowest BCUT2D eigenvalue weighted by molar-refractivity contribution is 0.0263. The van der Waals surface area contributed by atoms with E-state index < -0.39 is 5.60 Å². The van der Waals surface area contributed by atoms with E-state index in [4.69, 9.17) is 9.47 Å². The van der Waals surface area contributed by atoms with Crippen LogP contribution in [0.1, 0.15) is 32.8 Å². The second-order valence-corrected chi connectivity index (χ2v) is 7.39. The van der Waals surface area contributed by atoms with E-state index in [1.165, 1.54) is 0 Å². The van der Waals surface area contributed by atoms with Crippen LogP contribution in [0.2, 0.25) is 0 Å². The van der Waals surface area contributed by atoms with E-state index in [0.29, 0.717) is 13.2 Å². The molecule has 6 nitrogen and oxygen atoms in total. The van der Waals surface area contributed by atoms with Gasteiger partial charge in [0.2, 0.25) is 5.90 Å². The average Bonchev–Trinajstić information content (AvgIpc) is 2.97. The minimum absolute atomic E-state index is 0.225. The molecule has 0 atom stereocenters. The Morgan fingerprint density at radius 2 is 2.04 bits per heavy atom. The summed E-state index contributed by atoms with van der Waals surface area (Å²) in [5.41, 5.74) is 1.70. The Kier molecular flexibility index (Phi) is 5.16. The van der Waals surface area contributed by atoms with Crippen molar-refractivity contribution in [3.05, 3.63) is 29.8 Å². The first-order valence-electron chi connectivity index (χ1n) is 8.93. The molecule has 1 aromatic rings. The summed E-state index contributed by atoms with van der Waals surface area (Å²) >= 11 is 0. The van der Waals surface area contributed by atoms with E-state index >= 15 is 0 Å². The van der Waals surface area contributed by atoms with Crippen molar-refractivity contribution in [1.29, 1.82) is 0 Å². The van der Waals surface area contributed by atoms with Crippen molar-refractivity contribution in [1.82, 2.24) is 4.90 Å². The standard InChI is InChI=1S/C19H27N3O3/c1-19(2,3)25-18(23)22-10-5-9-21(11-12-22)16-7-4-6-15(14-16)17-20-8-13-24-17/h4,6-7,14H,5,8-13H2,1-3H3. The number of anilines is 1. The Labute approximate surface area is 149 Å². The van der Waals surface area contributed by atoms with Crippen molar-refractivity contribution in [3.8, 4) is 0 Å². The van der Waals surface area contributed by atoms with Crippen LogP contribution < -0.4 is 4.90 Å². The maximum Gasteiger partial charge on any atom is 0.410 e. The molecule has 2 heterocycles. The summed E-state index contributed by atoms with van der Waals surface area (Å²) < 4.78 is 11.1. The Hall–Kier alpha value is -2.24. The molecule has 2 aliphatic heterocycles. The quantitative estimate of drug-likeness (QED) is 0.827. The first-order valence-corrected chi connectivity index (χ1v) is 8.93. The van der Waals surface area contributed by atoms with Gasteiger partial charge < -0.3 is 19.3 Å². The first kappa shape index (κ1) is 17.6. The molecule has 0 spiro atoms. The molecule has 0 radical (unpaired) electrons. The second-order valence-electron chi connectivity index (χ2n) is 7.39. The van der Waals surface area contributed by atoms with Gasteiger partial charge in [-0.2, -0.15) is 0 Å². The fourth-order valence-electron chi connectivity index (χ4n) is 3.03. The average molecular weight is 345 g/mol. The molecule has 0 bridgehead atoms. The number of nitrogens with zero attached hydrogens (tertiary/aromatic N) is 3. The third kappa shape index (κ3) is 4.65. The van der Waals surface area contributed by atoms with Crippen LogP contribution in [0.4, 0.5) is 10.5 Å². The van der Waals surface area contributed by atoms with Gasteiger partial charge in [0.05, 0.1) is 6.54 Å². The minimum atomic E-state index is -0.459. The zero-order valence-electron chi connectivity index (χ0n) is 15.3. The van der Waals surface area contributed by atoms with Gasteiger partial charge in [0.1, 0.15) is 12.2 Å². The van der Waals surface area contributed by atoms with Crippen molar-refractivity contribution in [3.63, 3.8) is 0 Å². The summed E-state index contributed by atoms with van der Waals surface area (Å²) in [5, 5.41) is 0. The van der Waals surface area contributed by atoms with E-state index in [2.05, 4.69) is 22.0 Å². The van der Waals surface area contributed by atoms with Gasteiger partial charge in [-0.05, 0) is 45.4 Å².